The fraction of sp³-hybridized carbons (Fsp3) is 0. The summed E-state index contributed by atoms with van der Waals surface area (Å²) in [6, 6.07) is 4.37. The Morgan fingerprint density at radius 2 is 1.84 bits per heavy atom. The second-order valence-corrected chi connectivity index (χ2v) is 4.30. The highest BCUT2D eigenvalue weighted by atomic mass is 79.9. The van der Waals surface area contributed by atoms with Gasteiger partial charge < -0.3 is 5.32 Å². The number of benzene rings is 1. The monoisotopic (exact) mass is 330 g/mol. The molecule has 0 aliphatic rings. The third kappa shape index (κ3) is 2.93. The van der Waals surface area contributed by atoms with E-state index in [0.29, 0.717) is 22.4 Å². The zero-order chi connectivity index (χ0) is 14.0. The molecule has 1 amide bonds. The van der Waals surface area contributed by atoms with Crippen LogP contribution in [0.1, 0.15) is 10.4 Å². The lowest BCUT2D eigenvalue weighted by molar-refractivity contribution is 0.102. The molecule has 98 valence electrons. The Bertz CT molecular complexity index is 626. The SMILES string of the molecule is O=C(Nc1cccnc1Br)c1cc(F)c(F)c(F)c1. The first-order chi connectivity index (χ1) is 8.99. The topological polar surface area (TPSA) is 42.0 Å². The summed E-state index contributed by atoms with van der Waals surface area (Å²) >= 11 is 3.10. The third-order valence-corrected chi connectivity index (χ3v) is 2.89. The number of anilines is 1. The smallest absolute Gasteiger partial charge is 0.255 e. The average Bonchev–Trinajstić information content (AvgIpc) is 2.38. The molecule has 0 saturated heterocycles. The summed E-state index contributed by atoms with van der Waals surface area (Å²) in [6.45, 7) is 0. The van der Waals surface area contributed by atoms with Crippen molar-refractivity contribution in [3.8, 4) is 0 Å². The van der Waals surface area contributed by atoms with Gasteiger partial charge in [0.25, 0.3) is 5.91 Å². The van der Waals surface area contributed by atoms with Gasteiger partial charge in [0.2, 0.25) is 0 Å². The maximum Gasteiger partial charge on any atom is 0.255 e. The minimum Gasteiger partial charge on any atom is -0.320 e. The maximum atomic E-state index is 13.0. The summed E-state index contributed by atoms with van der Waals surface area (Å²) < 4.78 is 39.1. The number of hydrogen-bond donors (Lipinski definition) is 1. The van der Waals surface area contributed by atoms with Gasteiger partial charge in [-0.3, -0.25) is 4.79 Å². The lowest BCUT2D eigenvalue weighted by atomic mass is 10.2. The molecule has 0 aliphatic heterocycles. The molecule has 19 heavy (non-hydrogen) atoms. The van der Waals surface area contributed by atoms with Crippen molar-refractivity contribution < 1.29 is 18.0 Å². The molecule has 1 aromatic heterocycles. The van der Waals surface area contributed by atoms with E-state index >= 15 is 0 Å². The number of nitrogens with one attached hydrogen (secondary N) is 1. The van der Waals surface area contributed by atoms with Crippen LogP contribution in [0.5, 0.6) is 0 Å². The van der Waals surface area contributed by atoms with E-state index < -0.39 is 23.4 Å². The van der Waals surface area contributed by atoms with Gasteiger partial charge in [0.05, 0.1) is 5.69 Å². The molecule has 0 unspecified atom stereocenters. The molecule has 0 spiro atoms. The Balaban J connectivity index is 2.28. The lowest BCUT2D eigenvalue weighted by Gasteiger charge is -2.07. The van der Waals surface area contributed by atoms with Crippen molar-refractivity contribution in [3.63, 3.8) is 0 Å². The predicted molar refractivity (Wildman–Crippen MR) is 66.2 cm³/mol. The van der Waals surface area contributed by atoms with Crippen LogP contribution in [-0.2, 0) is 0 Å². The highest BCUT2D eigenvalue weighted by Gasteiger charge is 2.15. The molecule has 3 nitrogen and oxygen atoms in total. The van der Waals surface area contributed by atoms with Crippen LogP contribution < -0.4 is 5.32 Å². The summed E-state index contributed by atoms with van der Waals surface area (Å²) in [5.41, 5.74) is 0.00444. The number of aromatic nitrogens is 1. The molecule has 0 fully saturated rings. The maximum absolute atomic E-state index is 13.0. The Morgan fingerprint density at radius 1 is 1.21 bits per heavy atom. The van der Waals surface area contributed by atoms with Crippen molar-refractivity contribution in [1.82, 2.24) is 4.98 Å². The summed E-state index contributed by atoms with van der Waals surface area (Å²) in [6.07, 6.45) is 1.50. The molecule has 0 saturated carbocycles. The number of nitrogens with zero attached hydrogens (tertiary/aromatic N) is 1. The standard InChI is InChI=1S/C12H6BrF3N2O/c13-11-9(2-1-3-17-11)18-12(19)6-4-7(14)10(16)8(15)5-6/h1-5H,(H,18,19). The van der Waals surface area contributed by atoms with Gasteiger partial charge in [-0.05, 0) is 40.2 Å². The normalized spacial score (nSPS) is 10.3. The molecule has 1 N–H and O–H groups in total. The van der Waals surface area contributed by atoms with Crippen molar-refractivity contribution >= 4 is 27.5 Å². The van der Waals surface area contributed by atoms with E-state index in [4.69, 9.17) is 0 Å². The molecule has 2 aromatic rings. The first-order valence-corrected chi connectivity index (χ1v) is 5.84. The number of halogens is 4. The molecular formula is C12H6BrF3N2O. The van der Waals surface area contributed by atoms with E-state index in [0.717, 1.165) is 0 Å². The summed E-state index contributed by atoms with van der Waals surface area (Å²) in [7, 11) is 0. The number of rotatable bonds is 2. The third-order valence-electron chi connectivity index (χ3n) is 2.25. The van der Waals surface area contributed by atoms with Crippen LogP contribution in [0.15, 0.2) is 35.1 Å². The average molecular weight is 331 g/mol. The van der Waals surface area contributed by atoms with Crippen LogP contribution in [0.25, 0.3) is 0 Å². The fourth-order valence-corrected chi connectivity index (χ4v) is 1.71. The predicted octanol–water partition coefficient (Wildman–Crippen LogP) is 3.51. The Labute approximate surface area is 114 Å². The Kier molecular flexibility index (Phi) is 3.84. The number of amides is 1. The zero-order valence-corrected chi connectivity index (χ0v) is 10.8. The highest BCUT2D eigenvalue weighted by molar-refractivity contribution is 9.10. The van der Waals surface area contributed by atoms with E-state index in [2.05, 4.69) is 26.2 Å². The number of carbonyl (C=O) groups is 1. The summed E-state index contributed by atoms with van der Waals surface area (Å²) in [4.78, 5) is 15.6. The van der Waals surface area contributed by atoms with E-state index in [1.165, 1.54) is 6.20 Å². The van der Waals surface area contributed by atoms with Crippen molar-refractivity contribution in [1.29, 1.82) is 0 Å². The van der Waals surface area contributed by atoms with Crippen molar-refractivity contribution in [2.75, 3.05) is 5.32 Å². The minimum absolute atomic E-state index is 0.327. The largest absolute Gasteiger partial charge is 0.320 e. The van der Waals surface area contributed by atoms with Crippen LogP contribution in [0, 0.1) is 17.5 Å². The van der Waals surface area contributed by atoms with E-state index in [-0.39, 0.29) is 5.56 Å². The van der Waals surface area contributed by atoms with Gasteiger partial charge in [-0.1, -0.05) is 0 Å². The molecular weight excluding hydrogens is 325 g/mol. The number of carbonyl (C=O) groups excluding carboxylic acids is 1. The minimum atomic E-state index is -1.61. The van der Waals surface area contributed by atoms with Crippen LogP contribution >= 0.6 is 15.9 Å². The molecule has 1 aromatic carbocycles. The zero-order valence-electron chi connectivity index (χ0n) is 9.25. The van der Waals surface area contributed by atoms with Gasteiger partial charge in [-0.15, -0.1) is 0 Å². The molecule has 0 aliphatic carbocycles. The Morgan fingerprint density at radius 3 is 2.42 bits per heavy atom. The van der Waals surface area contributed by atoms with Gasteiger partial charge in [0.15, 0.2) is 17.5 Å². The number of hydrogen-bond acceptors (Lipinski definition) is 2. The quantitative estimate of drug-likeness (QED) is 0.676. The Hall–Kier alpha value is -1.89. The van der Waals surface area contributed by atoms with Gasteiger partial charge in [0.1, 0.15) is 4.60 Å². The van der Waals surface area contributed by atoms with Crippen molar-refractivity contribution in [2.45, 2.75) is 0 Å². The van der Waals surface area contributed by atoms with E-state index in [1.807, 2.05) is 0 Å². The first kappa shape index (κ1) is 13.5. The molecule has 2 rings (SSSR count). The molecule has 0 radical (unpaired) electrons. The molecule has 1 heterocycles. The molecule has 7 heteroatoms. The summed E-state index contributed by atoms with van der Waals surface area (Å²) in [5, 5.41) is 2.40. The van der Waals surface area contributed by atoms with Crippen molar-refractivity contribution in [2.24, 2.45) is 0 Å². The number of pyridine rings is 1. The van der Waals surface area contributed by atoms with Gasteiger partial charge >= 0.3 is 0 Å². The summed E-state index contributed by atoms with van der Waals surface area (Å²) in [5.74, 6) is -5.23. The molecule has 0 bridgehead atoms. The highest BCUT2D eigenvalue weighted by Crippen LogP contribution is 2.20. The van der Waals surface area contributed by atoms with Crippen LogP contribution in [0.2, 0.25) is 0 Å². The second-order valence-electron chi connectivity index (χ2n) is 3.55. The van der Waals surface area contributed by atoms with E-state index in [9.17, 15) is 18.0 Å². The van der Waals surface area contributed by atoms with Crippen LogP contribution in [0.3, 0.4) is 0 Å². The van der Waals surface area contributed by atoms with Gasteiger partial charge in [-0.2, -0.15) is 0 Å². The second kappa shape index (κ2) is 5.40. The van der Waals surface area contributed by atoms with Crippen molar-refractivity contribution in [3.05, 3.63) is 58.1 Å². The molecule has 0 atom stereocenters. The lowest BCUT2D eigenvalue weighted by Crippen LogP contribution is -2.13. The van der Waals surface area contributed by atoms with Gasteiger partial charge in [0, 0.05) is 11.8 Å². The fourth-order valence-electron chi connectivity index (χ4n) is 1.36. The van der Waals surface area contributed by atoms with E-state index in [1.54, 1.807) is 12.1 Å². The van der Waals surface area contributed by atoms with Crippen LogP contribution in [0.4, 0.5) is 18.9 Å². The first-order valence-electron chi connectivity index (χ1n) is 5.05. The van der Waals surface area contributed by atoms with Crippen LogP contribution in [-0.4, -0.2) is 10.9 Å². The van der Waals surface area contributed by atoms with Gasteiger partial charge in [-0.25, -0.2) is 18.2 Å².